The number of rotatable bonds is 12. The van der Waals surface area contributed by atoms with E-state index in [0.717, 1.165) is 11.8 Å². The molecule has 0 saturated carbocycles. The van der Waals surface area contributed by atoms with E-state index in [1.54, 1.807) is 22.0 Å². The number of carbonyl (C=O) groups is 2. The molecule has 12 nitrogen and oxygen atoms in total. The minimum atomic E-state index is -1.25. The first-order valence-corrected chi connectivity index (χ1v) is 13.3. The maximum absolute atomic E-state index is 14.1. The first kappa shape index (κ1) is 28.3. The second-order valence-corrected chi connectivity index (χ2v) is 9.64. The molecular weight excluding hydrogens is 507 g/mol. The number of amides is 3. The lowest BCUT2D eigenvalue weighted by Gasteiger charge is -2.51. The number of hydrogen-bond acceptors (Lipinski definition) is 10. The molecule has 2 aromatic rings. The Labute approximate surface area is 227 Å². The Morgan fingerprint density at radius 3 is 2.56 bits per heavy atom. The number of likely N-dealkylation sites (N-methyl/N-ethyl adjacent to an activating group) is 1. The molecule has 1 aromatic carbocycles. The molecule has 0 bridgehead atoms. The molecule has 1 saturated heterocycles. The van der Waals surface area contributed by atoms with Gasteiger partial charge >= 0.3 is 6.03 Å². The van der Waals surface area contributed by atoms with Crippen LogP contribution in [0.3, 0.4) is 0 Å². The van der Waals surface area contributed by atoms with Gasteiger partial charge in [-0.1, -0.05) is 26.8 Å². The van der Waals surface area contributed by atoms with Crippen molar-refractivity contribution >= 4 is 29.1 Å². The summed E-state index contributed by atoms with van der Waals surface area (Å²) in [4.78, 5) is 39.9. The molecule has 3 amide bonds. The van der Waals surface area contributed by atoms with E-state index in [1.165, 1.54) is 4.90 Å². The number of aliphatic hydroxyl groups is 1. The van der Waals surface area contributed by atoms with Gasteiger partial charge in [0, 0.05) is 37.6 Å². The molecule has 212 valence electrons. The summed E-state index contributed by atoms with van der Waals surface area (Å²) in [5, 5.41) is 13.4. The van der Waals surface area contributed by atoms with Crippen molar-refractivity contribution in [3.8, 4) is 0 Å². The Morgan fingerprint density at radius 2 is 1.97 bits per heavy atom. The van der Waals surface area contributed by atoms with Crippen LogP contribution in [0.15, 0.2) is 33.8 Å². The van der Waals surface area contributed by atoms with Gasteiger partial charge in [-0.15, -0.1) is 0 Å². The van der Waals surface area contributed by atoms with Gasteiger partial charge in [0.25, 0.3) is 11.9 Å². The summed E-state index contributed by atoms with van der Waals surface area (Å²) in [5.41, 5.74) is 12.7. The number of urea groups is 1. The highest BCUT2D eigenvalue weighted by Gasteiger charge is 2.63. The predicted octanol–water partition coefficient (Wildman–Crippen LogP) is 1.86. The summed E-state index contributed by atoms with van der Waals surface area (Å²) in [6.07, 6.45) is 2.31. The number of oxazole rings is 1. The van der Waals surface area contributed by atoms with Crippen LogP contribution in [0.1, 0.15) is 45.1 Å². The molecule has 5 N–H and O–H groups in total. The molecule has 13 heteroatoms. The molecule has 1 fully saturated rings. The van der Waals surface area contributed by atoms with Crippen molar-refractivity contribution in [3.63, 3.8) is 0 Å². The minimum absolute atomic E-state index is 0.00189. The van der Waals surface area contributed by atoms with Crippen LogP contribution in [0.4, 0.5) is 20.6 Å². The molecule has 2 unspecified atom stereocenters. The second-order valence-electron chi connectivity index (χ2n) is 9.64. The average Bonchev–Trinajstić information content (AvgIpc) is 3.47. The Hall–Kier alpha value is -3.71. The summed E-state index contributed by atoms with van der Waals surface area (Å²) in [5.74, 6) is 0.114. The van der Waals surface area contributed by atoms with Gasteiger partial charge in [-0.3, -0.25) is 19.6 Å². The van der Waals surface area contributed by atoms with E-state index in [1.807, 2.05) is 31.8 Å². The maximum atomic E-state index is 14.1. The van der Waals surface area contributed by atoms with Gasteiger partial charge in [-0.05, 0) is 37.0 Å². The van der Waals surface area contributed by atoms with Gasteiger partial charge in [0.05, 0.1) is 13.0 Å². The van der Waals surface area contributed by atoms with E-state index in [0.29, 0.717) is 43.0 Å². The van der Waals surface area contributed by atoms with E-state index in [-0.39, 0.29) is 44.5 Å². The fourth-order valence-corrected chi connectivity index (χ4v) is 5.49. The number of hydrazine groups is 1. The highest BCUT2D eigenvalue weighted by molar-refractivity contribution is 6.05. The fourth-order valence-electron chi connectivity index (χ4n) is 5.49. The predicted molar refractivity (Wildman–Crippen MR) is 144 cm³/mol. The number of amidine groups is 1. The van der Waals surface area contributed by atoms with Crippen LogP contribution in [0.25, 0.3) is 0 Å². The average molecular weight is 545 g/mol. The largest absolute Gasteiger partial charge is 0.415 e. The fraction of sp³-hybridized carbons (Fsp3) is 0.538. The summed E-state index contributed by atoms with van der Waals surface area (Å²) in [7, 11) is 0. The molecule has 0 spiro atoms. The van der Waals surface area contributed by atoms with Crippen LogP contribution < -0.4 is 11.5 Å². The SMILES string of the molecule is CCCN1C(=O)C2N(N(CC)CCO)C(Cc3ncc(F)o3)=NC2(CC)N(CCc2ccc(N)cc2N)C1=O. The summed E-state index contributed by atoms with van der Waals surface area (Å²) >= 11 is 0. The first-order chi connectivity index (χ1) is 18.7. The zero-order valence-corrected chi connectivity index (χ0v) is 22.6. The number of aromatic nitrogens is 1. The van der Waals surface area contributed by atoms with Gasteiger partial charge in [-0.25, -0.2) is 19.8 Å². The Balaban J connectivity index is 1.81. The van der Waals surface area contributed by atoms with Crippen LogP contribution >= 0.6 is 0 Å². The summed E-state index contributed by atoms with van der Waals surface area (Å²) in [6, 6.07) is 3.12. The summed E-state index contributed by atoms with van der Waals surface area (Å²) < 4.78 is 18.8. The number of fused-ring (bicyclic) bond motifs is 1. The molecular formula is C26H37FN8O4. The lowest BCUT2D eigenvalue weighted by atomic mass is 9.91. The smallest absolute Gasteiger partial charge is 0.328 e. The van der Waals surface area contributed by atoms with Crippen LogP contribution in [-0.2, 0) is 17.6 Å². The third-order valence-corrected chi connectivity index (χ3v) is 7.30. The van der Waals surface area contributed by atoms with Crippen molar-refractivity contribution in [2.75, 3.05) is 44.3 Å². The van der Waals surface area contributed by atoms with Crippen molar-refractivity contribution in [3.05, 3.63) is 41.9 Å². The van der Waals surface area contributed by atoms with Gasteiger partial charge in [-0.2, -0.15) is 4.39 Å². The molecule has 1 aromatic heterocycles. The third-order valence-electron chi connectivity index (χ3n) is 7.30. The lowest BCUT2D eigenvalue weighted by Crippen LogP contribution is -2.74. The normalized spacial score (nSPS) is 21.2. The number of nitrogens with zero attached hydrogens (tertiary/aromatic N) is 6. The van der Waals surface area contributed by atoms with Crippen LogP contribution in [0, 0.1) is 6.01 Å². The van der Waals surface area contributed by atoms with Gasteiger partial charge in [0.15, 0.2) is 11.7 Å². The molecule has 0 aliphatic carbocycles. The van der Waals surface area contributed by atoms with E-state index in [2.05, 4.69) is 4.98 Å². The molecule has 0 radical (unpaired) electrons. The molecule has 2 atom stereocenters. The number of aliphatic imine (C=N–C) groups is 1. The van der Waals surface area contributed by atoms with Crippen molar-refractivity contribution in [2.45, 2.75) is 58.2 Å². The van der Waals surface area contributed by atoms with Gasteiger partial charge in [0.2, 0.25) is 5.89 Å². The zero-order valence-electron chi connectivity index (χ0n) is 22.6. The van der Waals surface area contributed by atoms with E-state index in [9.17, 15) is 19.1 Å². The Morgan fingerprint density at radius 1 is 1.21 bits per heavy atom. The van der Waals surface area contributed by atoms with E-state index < -0.39 is 23.7 Å². The van der Waals surface area contributed by atoms with E-state index >= 15 is 0 Å². The molecule has 3 heterocycles. The second kappa shape index (κ2) is 11.6. The standard InChI is InChI=1S/C26H37FN8O4/c1-4-10-33-24(37)23-26(5-2,34(25(33)38)11-9-17-7-8-18(28)14-19(17)29)31-21(15-22-30-16-20(27)39-22)35(23)32(6-3)12-13-36/h7-8,14,16,23,36H,4-6,9-13,15,28-29H2,1-3H3. The highest BCUT2D eigenvalue weighted by atomic mass is 19.1. The number of nitrogens with two attached hydrogens (primary N) is 2. The molecule has 39 heavy (non-hydrogen) atoms. The van der Waals surface area contributed by atoms with Gasteiger partial charge in [0.1, 0.15) is 12.0 Å². The van der Waals surface area contributed by atoms with Crippen molar-refractivity contribution in [2.24, 2.45) is 4.99 Å². The zero-order chi connectivity index (χ0) is 28.3. The quantitative estimate of drug-likeness (QED) is 0.339. The third kappa shape index (κ3) is 5.15. The lowest BCUT2D eigenvalue weighted by molar-refractivity contribution is -0.151. The number of imide groups is 1. The van der Waals surface area contributed by atoms with Crippen LogP contribution in [0.5, 0.6) is 0 Å². The van der Waals surface area contributed by atoms with Crippen LogP contribution in [-0.4, -0.2) is 92.2 Å². The topological polar surface area (TPSA) is 158 Å². The number of benzene rings is 1. The number of carbonyl (C=O) groups excluding carboxylic acids is 2. The number of nitrogen functional groups attached to an aromatic ring is 2. The highest BCUT2D eigenvalue weighted by Crippen LogP contribution is 2.42. The Kier molecular flexibility index (Phi) is 8.40. The van der Waals surface area contributed by atoms with Crippen molar-refractivity contribution < 1.29 is 23.5 Å². The van der Waals surface area contributed by atoms with Crippen molar-refractivity contribution in [1.82, 2.24) is 24.8 Å². The van der Waals surface area contributed by atoms with Crippen molar-refractivity contribution in [1.29, 1.82) is 0 Å². The van der Waals surface area contributed by atoms with E-state index in [4.69, 9.17) is 20.9 Å². The monoisotopic (exact) mass is 544 g/mol. The minimum Gasteiger partial charge on any atom is -0.415 e. The first-order valence-electron chi connectivity index (χ1n) is 13.3. The maximum Gasteiger partial charge on any atom is 0.328 e. The molecule has 4 rings (SSSR count). The summed E-state index contributed by atoms with van der Waals surface area (Å²) in [6.45, 7) is 6.68. The van der Waals surface area contributed by atoms with Gasteiger partial charge < -0.3 is 21.0 Å². The number of anilines is 2. The molecule has 2 aliphatic heterocycles. The van der Waals surface area contributed by atoms with Crippen LogP contribution in [0.2, 0.25) is 0 Å². The number of halogens is 1. The number of aliphatic hydroxyl groups excluding tert-OH is 1. The Bertz CT molecular complexity index is 1240. The number of hydrogen-bond donors (Lipinski definition) is 3. The molecule has 2 aliphatic rings.